The molecule has 4 aromatic rings. The second-order valence-corrected chi connectivity index (χ2v) is 6.28. The number of hydrogen-bond acceptors (Lipinski definition) is 2. The van der Waals surface area contributed by atoms with Crippen LogP contribution in [0.1, 0.15) is 21.6 Å². The molecule has 2 N–H and O–H groups in total. The van der Waals surface area contributed by atoms with Gasteiger partial charge in [-0.1, -0.05) is 48.0 Å². The van der Waals surface area contributed by atoms with E-state index in [4.69, 9.17) is 0 Å². The van der Waals surface area contributed by atoms with Crippen LogP contribution in [0.4, 0.5) is 0 Å². The second-order valence-electron chi connectivity index (χ2n) is 6.28. The molecule has 0 unspecified atom stereocenters. The van der Waals surface area contributed by atoms with E-state index in [0.29, 0.717) is 12.2 Å². The van der Waals surface area contributed by atoms with Crippen LogP contribution in [0.15, 0.2) is 60.8 Å². The summed E-state index contributed by atoms with van der Waals surface area (Å²) in [7, 11) is 0. The number of hydrogen-bond donors (Lipinski definition) is 2. The van der Waals surface area contributed by atoms with E-state index in [0.717, 1.165) is 28.2 Å². The van der Waals surface area contributed by atoms with Gasteiger partial charge in [-0.25, -0.2) is 0 Å². The highest BCUT2D eigenvalue weighted by Gasteiger charge is 2.11. The summed E-state index contributed by atoms with van der Waals surface area (Å²) in [6, 6.07) is 18.2. The van der Waals surface area contributed by atoms with Crippen molar-refractivity contribution in [3.8, 4) is 0 Å². The fraction of sp³-hybridized carbons (Fsp3) is 0.143. The summed E-state index contributed by atoms with van der Waals surface area (Å²) in [4.78, 5) is 20.1. The minimum absolute atomic E-state index is 0.0904. The average Bonchev–Trinajstić information content (AvgIpc) is 3.08. The summed E-state index contributed by atoms with van der Waals surface area (Å²) in [5.41, 5.74) is 4.82. The van der Waals surface area contributed by atoms with Gasteiger partial charge in [0.05, 0.1) is 11.0 Å². The number of pyridine rings is 1. The van der Waals surface area contributed by atoms with E-state index in [1.165, 1.54) is 11.1 Å². The predicted molar refractivity (Wildman–Crippen MR) is 101 cm³/mol. The molecule has 0 atom stereocenters. The van der Waals surface area contributed by atoms with Gasteiger partial charge in [-0.3, -0.25) is 9.78 Å². The van der Waals surface area contributed by atoms with E-state index in [2.05, 4.69) is 46.5 Å². The van der Waals surface area contributed by atoms with Gasteiger partial charge in [0.15, 0.2) is 0 Å². The SMILES string of the molecule is Cc1ccc(CCNC(=O)c2cc3ccc4cccnc4c3[nH]2)cc1. The van der Waals surface area contributed by atoms with Gasteiger partial charge in [0, 0.05) is 23.5 Å². The van der Waals surface area contributed by atoms with Gasteiger partial charge in [0.1, 0.15) is 5.69 Å². The van der Waals surface area contributed by atoms with Crippen molar-refractivity contribution in [2.24, 2.45) is 0 Å². The van der Waals surface area contributed by atoms with Gasteiger partial charge in [0.2, 0.25) is 0 Å². The van der Waals surface area contributed by atoms with E-state index in [-0.39, 0.29) is 5.91 Å². The number of aromatic nitrogens is 2. The second kappa shape index (κ2) is 6.40. The van der Waals surface area contributed by atoms with Crippen LogP contribution in [0.2, 0.25) is 0 Å². The Kier molecular flexibility index (Phi) is 3.94. The largest absolute Gasteiger partial charge is 0.350 e. The average molecular weight is 329 g/mol. The van der Waals surface area contributed by atoms with E-state index in [9.17, 15) is 4.79 Å². The molecule has 0 saturated carbocycles. The van der Waals surface area contributed by atoms with Gasteiger partial charge in [-0.2, -0.15) is 0 Å². The molecule has 0 bridgehead atoms. The minimum atomic E-state index is -0.0904. The van der Waals surface area contributed by atoms with E-state index in [1.807, 2.05) is 30.3 Å². The molecule has 0 aliphatic rings. The van der Waals surface area contributed by atoms with Crippen LogP contribution in [0.25, 0.3) is 21.8 Å². The fourth-order valence-corrected chi connectivity index (χ4v) is 3.03. The fourth-order valence-electron chi connectivity index (χ4n) is 3.03. The van der Waals surface area contributed by atoms with Crippen LogP contribution in [0.5, 0.6) is 0 Å². The van der Waals surface area contributed by atoms with Crippen molar-refractivity contribution in [2.75, 3.05) is 6.54 Å². The Morgan fingerprint density at radius 3 is 2.72 bits per heavy atom. The number of carbonyl (C=O) groups is 1. The lowest BCUT2D eigenvalue weighted by atomic mass is 10.1. The normalized spacial score (nSPS) is 11.1. The van der Waals surface area contributed by atoms with Gasteiger partial charge in [0.25, 0.3) is 5.91 Å². The molecule has 0 radical (unpaired) electrons. The Hall–Kier alpha value is -3.14. The Morgan fingerprint density at radius 2 is 1.88 bits per heavy atom. The van der Waals surface area contributed by atoms with Gasteiger partial charge in [-0.05, 0) is 31.0 Å². The molecule has 0 fully saturated rings. The topological polar surface area (TPSA) is 57.8 Å². The molecule has 0 saturated heterocycles. The van der Waals surface area contributed by atoms with Crippen molar-refractivity contribution in [3.05, 3.63) is 77.6 Å². The summed E-state index contributed by atoms with van der Waals surface area (Å²) in [6.07, 6.45) is 2.58. The zero-order valence-corrected chi connectivity index (χ0v) is 14.0. The first-order valence-corrected chi connectivity index (χ1v) is 8.41. The molecule has 4 nitrogen and oxygen atoms in total. The Labute approximate surface area is 145 Å². The van der Waals surface area contributed by atoms with Crippen molar-refractivity contribution >= 4 is 27.7 Å². The van der Waals surface area contributed by atoms with Crippen LogP contribution in [-0.4, -0.2) is 22.4 Å². The molecular formula is C21H19N3O. The lowest BCUT2D eigenvalue weighted by Crippen LogP contribution is -2.25. The number of carbonyl (C=O) groups excluding carboxylic acids is 1. The summed E-state index contributed by atoms with van der Waals surface area (Å²) >= 11 is 0. The van der Waals surface area contributed by atoms with Crippen LogP contribution >= 0.6 is 0 Å². The number of rotatable bonds is 4. The molecular weight excluding hydrogens is 310 g/mol. The van der Waals surface area contributed by atoms with Gasteiger partial charge >= 0.3 is 0 Å². The number of nitrogens with zero attached hydrogens (tertiary/aromatic N) is 1. The number of aryl methyl sites for hydroxylation is 1. The first kappa shape index (κ1) is 15.4. The Balaban J connectivity index is 1.50. The molecule has 4 rings (SSSR count). The number of fused-ring (bicyclic) bond motifs is 3. The van der Waals surface area contributed by atoms with Crippen molar-refractivity contribution in [3.63, 3.8) is 0 Å². The summed E-state index contributed by atoms with van der Waals surface area (Å²) in [6.45, 7) is 2.68. The molecule has 0 spiro atoms. The maximum Gasteiger partial charge on any atom is 0.267 e. The molecule has 2 aromatic heterocycles. The maximum absolute atomic E-state index is 12.4. The molecule has 0 aliphatic carbocycles. The summed E-state index contributed by atoms with van der Waals surface area (Å²) in [5.74, 6) is -0.0904. The molecule has 2 aromatic carbocycles. The molecule has 2 heterocycles. The van der Waals surface area contributed by atoms with E-state index < -0.39 is 0 Å². The lowest BCUT2D eigenvalue weighted by Gasteiger charge is -2.04. The number of aromatic amines is 1. The number of H-pyrrole nitrogens is 1. The zero-order chi connectivity index (χ0) is 17.2. The van der Waals surface area contributed by atoms with Crippen molar-refractivity contribution in [1.82, 2.24) is 15.3 Å². The third kappa shape index (κ3) is 3.11. The highest BCUT2D eigenvalue weighted by Crippen LogP contribution is 2.23. The van der Waals surface area contributed by atoms with Crippen LogP contribution < -0.4 is 5.32 Å². The highest BCUT2D eigenvalue weighted by molar-refractivity contribution is 6.07. The van der Waals surface area contributed by atoms with Crippen LogP contribution in [0, 0.1) is 6.92 Å². The van der Waals surface area contributed by atoms with E-state index >= 15 is 0 Å². The highest BCUT2D eigenvalue weighted by atomic mass is 16.1. The summed E-state index contributed by atoms with van der Waals surface area (Å²) < 4.78 is 0. The van der Waals surface area contributed by atoms with Gasteiger partial charge < -0.3 is 10.3 Å². The van der Waals surface area contributed by atoms with Gasteiger partial charge in [-0.15, -0.1) is 0 Å². The number of benzene rings is 2. The Bertz CT molecular complexity index is 1050. The van der Waals surface area contributed by atoms with E-state index in [1.54, 1.807) is 6.20 Å². The van der Waals surface area contributed by atoms with Crippen molar-refractivity contribution in [1.29, 1.82) is 0 Å². The Morgan fingerprint density at radius 1 is 1.08 bits per heavy atom. The third-order valence-corrected chi connectivity index (χ3v) is 4.43. The first-order valence-electron chi connectivity index (χ1n) is 8.41. The van der Waals surface area contributed by atoms with Crippen LogP contribution in [0.3, 0.4) is 0 Å². The maximum atomic E-state index is 12.4. The first-order chi connectivity index (χ1) is 12.2. The molecule has 1 amide bonds. The third-order valence-electron chi connectivity index (χ3n) is 4.43. The molecule has 0 aliphatic heterocycles. The molecule has 25 heavy (non-hydrogen) atoms. The molecule has 124 valence electrons. The molecule has 4 heteroatoms. The predicted octanol–water partition coefficient (Wildman–Crippen LogP) is 4.00. The number of nitrogens with one attached hydrogen (secondary N) is 2. The smallest absolute Gasteiger partial charge is 0.267 e. The standard InChI is InChI=1S/C21H19N3O/c1-14-4-6-15(7-5-14)10-12-23-21(25)18-13-17-9-8-16-3-2-11-22-19(16)20(17)24-18/h2-9,11,13,24H,10,12H2,1H3,(H,23,25). The minimum Gasteiger partial charge on any atom is -0.350 e. The van der Waals surface area contributed by atoms with Crippen LogP contribution in [-0.2, 0) is 6.42 Å². The van der Waals surface area contributed by atoms with Crippen molar-refractivity contribution < 1.29 is 4.79 Å². The lowest BCUT2D eigenvalue weighted by molar-refractivity contribution is 0.0950. The number of amides is 1. The van der Waals surface area contributed by atoms with Crippen molar-refractivity contribution in [2.45, 2.75) is 13.3 Å². The quantitative estimate of drug-likeness (QED) is 0.594. The zero-order valence-electron chi connectivity index (χ0n) is 14.0. The summed E-state index contributed by atoms with van der Waals surface area (Å²) in [5, 5.41) is 5.03. The monoisotopic (exact) mass is 329 g/mol.